The summed E-state index contributed by atoms with van der Waals surface area (Å²) in [6.45, 7) is 0.484. The van der Waals surface area contributed by atoms with Gasteiger partial charge in [0.15, 0.2) is 0 Å². The van der Waals surface area contributed by atoms with E-state index < -0.39 is 11.7 Å². The lowest BCUT2D eigenvalue weighted by Gasteiger charge is -2.36. The van der Waals surface area contributed by atoms with Crippen LogP contribution < -0.4 is 9.47 Å². The van der Waals surface area contributed by atoms with Crippen LogP contribution in [-0.4, -0.2) is 38.6 Å². The predicted octanol–water partition coefficient (Wildman–Crippen LogP) is 9.89. The second-order valence-corrected chi connectivity index (χ2v) is 13.4. The zero-order valence-electron chi connectivity index (χ0n) is 30.3. The average Bonchev–Trinajstić information content (AvgIpc) is 3.23. The summed E-state index contributed by atoms with van der Waals surface area (Å²) in [6.07, 6.45) is -0.875. The van der Waals surface area contributed by atoms with Gasteiger partial charge >= 0.3 is 0 Å². The zero-order chi connectivity index (χ0) is 36.9. The second-order valence-electron chi connectivity index (χ2n) is 13.4. The molecule has 54 heavy (non-hydrogen) atoms. The standard InChI is InChI=1S/C49H40O5/c1-51-44-26-22-41(23-27-44)49(40-9-4-3-5-10-40,42-24-28-45(52-2)29-25-42)54-33-43(50)32-53-31-35-13-11-34(12-14-35)15-16-36-17-18-39-20-19-37-7-6-8-38-21-30-46(36)48(39)47(37)38/h3-14,17-30,43,50H,31-33H2,1-2H3. The first-order chi connectivity index (χ1) is 26.6. The Morgan fingerprint density at radius 3 is 1.74 bits per heavy atom. The molecule has 0 aromatic heterocycles. The molecule has 0 fully saturated rings. The number of methoxy groups -OCH3 is 2. The zero-order valence-corrected chi connectivity index (χ0v) is 30.3. The predicted molar refractivity (Wildman–Crippen MR) is 216 cm³/mol. The van der Waals surface area contributed by atoms with Crippen molar-refractivity contribution in [3.8, 4) is 23.3 Å². The summed E-state index contributed by atoms with van der Waals surface area (Å²) in [5, 5.41) is 18.6. The van der Waals surface area contributed by atoms with E-state index in [0.717, 1.165) is 44.9 Å². The van der Waals surface area contributed by atoms with Gasteiger partial charge in [-0.05, 0) is 97.0 Å². The fourth-order valence-corrected chi connectivity index (χ4v) is 7.32. The van der Waals surface area contributed by atoms with E-state index in [9.17, 15) is 5.11 Å². The minimum atomic E-state index is -1.02. The van der Waals surface area contributed by atoms with Crippen LogP contribution in [0.4, 0.5) is 0 Å². The molecule has 5 heteroatoms. The van der Waals surface area contributed by atoms with Crippen LogP contribution in [-0.2, 0) is 21.7 Å². The molecule has 8 rings (SSSR count). The molecule has 266 valence electrons. The number of benzene rings is 8. The third kappa shape index (κ3) is 6.87. The number of ether oxygens (including phenoxy) is 4. The maximum Gasteiger partial charge on any atom is 0.143 e. The fraction of sp³-hybridized carbons (Fsp3) is 0.143. The first-order valence-electron chi connectivity index (χ1n) is 18.1. The maximum atomic E-state index is 11.2. The van der Waals surface area contributed by atoms with Crippen LogP contribution in [0.2, 0.25) is 0 Å². The first-order valence-corrected chi connectivity index (χ1v) is 18.1. The molecule has 1 unspecified atom stereocenters. The first kappa shape index (κ1) is 34.9. The van der Waals surface area contributed by atoms with E-state index in [1.54, 1.807) is 14.2 Å². The van der Waals surface area contributed by atoms with E-state index in [-0.39, 0.29) is 13.2 Å². The van der Waals surface area contributed by atoms with E-state index >= 15 is 0 Å². The molecule has 0 heterocycles. The third-order valence-electron chi connectivity index (χ3n) is 10.1. The van der Waals surface area contributed by atoms with Gasteiger partial charge in [0.2, 0.25) is 0 Å². The molecule has 0 amide bonds. The molecule has 0 saturated heterocycles. The summed E-state index contributed by atoms with van der Waals surface area (Å²) in [6, 6.07) is 53.3. The van der Waals surface area contributed by atoms with Crippen molar-refractivity contribution in [2.24, 2.45) is 0 Å². The van der Waals surface area contributed by atoms with Gasteiger partial charge in [0.1, 0.15) is 23.2 Å². The highest BCUT2D eigenvalue weighted by Gasteiger charge is 2.38. The molecular weight excluding hydrogens is 669 g/mol. The molecule has 0 radical (unpaired) electrons. The minimum absolute atomic E-state index is 0.0323. The van der Waals surface area contributed by atoms with Crippen molar-refractivity contribution >= 4 is 32.3 Å². The topological polar surface area (TPSA) is 57.2 Å². The van der Waals surface area contributed by atoms with Crippen LogP contribution in [0.3, 0.4) is 0 Å². The molecule has 0 saturated carbocycles. The Labute approximate surface area is 315 Å². The Morgan fingerprint density at radius 1 is 0.537 bits per heavy atom. The summed E-state index contributed by atoms with van der Waals surface area (Å²) in [5.41, 5.74) is 4.63. The van der Waals surface area contributed by atoms with Crippen LogP contribution in [0.25, 0.3) is 32.3 Å². The Morgan fingerprint density at radius 2 is 1.11 bits per heavy atom. The largest absolute Gasteiger partial charge is 0.497 e. The monoisotopic (exact) mass is 708 g/mol. The van der Waals surface area contributed by atoms with Crippen LogP contribution in [0.1, 0.15) is 33.4 Å². The third-order valence-corrected chi connectivity index (χ3v) is 10.1. The average molecular weight is 709 g/mol. The lowest BCUT2D eigenvalue weighted by Crippen LogP contribution is -2.36. The van der Waals surface area contributed by atoms with Gasteiger partial charge in [-0.2, -0.15) is 0 Å². The maximum absolute atomic E-state index is 11.2. The number of hydrogen-bond acceptors (Lipinski definition) is 5. The van der Waals surface area contributed by atoms with Gasteiger partial charge in [0.25, 0.3) is 0 Å². The van der Waals surface area contributed by atoms with Gasteiger partial charge < -0.3 is 24.1 Å². The van der Waals surface area contributed by atoms with Gasteiger partial charge in [-0.3, -0.25) is 0 Å². The van der Waals surface area contributed by atoms with Gasteiger partial charge in [0, 0.05) is 11.1 Å². The lowest BCUT2D eigenvalue weighted by molar-refractivity contribution is -0.0662. The molecule has 0 aliphatic carbocycles. The second kappa shape index (κ2) is 15.4. The van der Waals surface area contributed by atoms with Gasteiger partial charge in [-0.25, -0.2) is 0 Å². The summed E-state index contributed by atoms with van der Waals surface area (Å²) in [5.74, 6) is 8.27. The number of rotatable bonds is 12. The molecule has 5 nitrogen and oxygen atoms in total. The van der Waals surface area contributed by atoms with E-state index in [4.69, 9.17) is 18.9 Å². The smallest absolute Gasteiger partial charge is 0.143 e. The van der Waals surface area contributed by atoms with E-state index in [1.165, 1.54) is 32.3 Å². The molecule has 1 atom stereocenters. The van der Waals surface area contributed by atoms with Crippen LogP contribution in [0.15, 0.2) is 158 Å². The van der Waals surface area contributed by atoms with Gasteiger partial charge in [-0.15, -0.1) is 0 Å². The van der Waals surface area contributed by atoms with Gasteiger partial charge in [-0.1, -0.05) is 127 Å². The SMILES string of the molecule is COc1ccc(C(OCC(O)COCc2ccc(C#Cc3ccc4ccc5cccc6ccc3c4c56)cc2)(c2ccccc2)c2ccc(OC)cc2)cc1. The van der Waals surface area contributed by atoms with Crippen molar-refractivity contribution in [2.45, 2.75) is 18.3 Å². The highest BCUT2D eigenvalue weighted by Crippen LogP contribution is 2.42. The molecule has 0 aliphatic rings. The minimum Gasteiger partial charge on any atom is -0.497 e. The van der Waals surface area contributed by atoms with Crippen LogP contribution in [0.5, 0.6) is 11.5 Å². The van der Waals surface area contributed by atoms with Crippen LogP contribution >= 0.6 is 0 Å². The summed E-state index contributed by atoms with van der Waals surface area (Å²) in [7, 11) is 3.29. The Kier molecular flexibility index (Phi) is 9.98. The molecule has 1 N–H and O–H groups in total. The van der Waals surface area contributed by atoms with E-state index in [0.29, 0.717) is 6.61 Å². The molecule has 0 aliphatic heterocycles. The Hall–Kier alpha value is -6.16. The molecule has 8 aromatic rings. The quantitative estimate of drug-likeness (QED) is 0.0778. The summed E-state index contributed by atoms with van der Waals surface area (Å²) < 4.78 is 23.7. The lowest BCUT2D eigenvalue weighted by atomic mass is 9.80. The number of hydrogen-bond donors (Lipinski definition) is 1. The van der Waals surface area contributed by atoms with Crippen LogP contribution in [0, 0.1) is 11.8 Å². The Bertz CT molecular complexity index is 2490. The molecule has 0 spiro atoms. The van der Waals surface area contributed by atoms with Crippen molar-refractivity contribution in [3.63, 3.8) is 0 Å². The van der Waals surface area contributed by atoms with E-state index in [2.05, 4.69) is 66.4 Å². The van der Waals surface area contributed by atoms with Crippen molar-refractivity contribution in [1.29, 1.82) is 0 Å². The highest BCUT2D eigenvalue weighted by atomic mass is 16.5. The number of aliphatic hydroxyl groups is 1. The Balaban J connectivity index is 0.952. The van der Waals surface area contributed by atoms with Crippen molar-refractivity contribution < 1.29 is 24.1 Å². The molecule has 0 bridgehead atoms. The van der Waals surface area contributed by atoms with Crippen molar-refractivity contribution in [1.82, 2.24) is 0 Å². The number of aliphatic hydroxyl groups excluding tert-OH is 1. The normalized spacial score (nSPS) is 12.1. The fourth-order valence-electron chi connectivity index (χ4n) is 7.32. The summed E-state index contributed by atoms with van der Waals surface area (Å²) >= 11 is 0. The van der Waals surface area contributed by atoms with Gasteiger partial charge in [0.05, 0.1) is 34.0 Å². The summed E-state index contributed by atoms with van der Waals surface area (Å²) in [4.78, 5) is 0. The van der Waals surface area contributed by atoms with Crippen molar-refractivity contribution in [3.05, 3.63) is 191 Å². The van der Waals surface area contributed by atoms with E-state index in [1.807, 2.05) is 103 Å². The van der Waals surface area contributed by atoms with Crippen molar-refractivity contribution in [2.75, 3.05) is 27.4 Å². The highest BCUT2D eigenvalue weighted by molar-refractivity contribution is 6.23. The molecular formula is C49H40O5. The molecule has 8 aromatic carbocycles.